The number of nitriles is 1. The molecule has 0 atom stereocenters. The molecule has 3 N–H and O–H groups in total. The van der Waals surface area contributed by atoms with Crippen LogP contribution in [0, 0.1) is 11.3 Å². The number of benzene rings is 1. The standard InChI is InChI=1S/C12H8F3N3O2/c13-12(14,15)9-3-1-2-7(5-9)4-8(6-16)10(19)18-11(17)20/h1-5H,(H3,17,18,19,20)/b8-4-. The number of imide groups is 1. The number of primary amides is 1. The Balaban J connectivity index is 3.12. The van der Waals surface area contributed by atoms with Crippen molar-refractivity contribution in [3.05, 3.63) is 41.0 Å². The summed E-state index contributed by atoms with van der Waals surface area (Å²) in [6.45, 7) is 0. The van der Waals surface area contributed by atoms with Gasteiger partial charge in [0, 0.05) is 0 Å². The van der Waals surface area contributed by atoms with Crippen LogP contribution < -0.4 is 11.1 Å². The lowest BCUT2D eigenvalue weighted by molar-refractivity contribution is -0.137. The number of carbonyl (C=O) groups excluding carboxylic acids is 2. The summed E-state index contributed by atoms with van der Waals surface area (Å²) in [6.07, 6.45) is -3.61. The van der Waals surface area contributed by atoms with Gasteiger partial charge in [-0.05, 0) is 23.8 Å². The van der Waals surface area contributed by atoms with Crippen LogP contribution in [-0.2, 0) is 11.0 Å². The smallest absolute Gasteiger partial charge is 0.351 e. The van der Waals surface area contributed by atoms with Crippen LogP contribution in [0.3, 0.4) is 0 Å². The maximum atomic E-state index is 12.5. The molecule has 0 aliphatic rings. The average Bonchev–Trinajstić information content (AvgIpc) is 2.34. The molecule has 0 fully saturated rings. The minimum Gasteiger partial charge on any atom is -0.351 e. The van der Waals surface area contributed by atoms with Crippen molar-refractivity contribution in [3.8, 4) is 6.07 Å². The number of urea groups is 1. The Morgan fingerprint density at radius 2 is 2.00 bits per heavy atom. The third-order valence-corrected chi connectivity index (χ3v) is 2.13. The van der Waals surface area contributed by atoms with Crippen molar-refractivity contribution >= 4 is 18.0 Å². The Bertz CT molecular complexity index is 615. The molecule has 0 aliphatic carbocycles. The number of hydrogen-bond donors (Lipinski definition) is 2. The molecule has 0 saturated carbocycles. The van der Waals surface area contributed by atoms with Gasteiger partial charge in [-0.25, -0.2) is 4.79 Å². The molecule has 8 heteroatoms. The average molecular weight is 283 g/mol. The van der Waals surface area contributed by atoms with E-state index in [0.717, 1.165) is 24.3 Å². The zero-order valence-corrected chi connectivity index (χ0v) is 9.86. The van der Waals surface area contributed by atoms with Crippen molar-refractivity contribution in [3.63, 3.8) is 0 Å². The van der Waals surface area contributed by atoms with Gasteiger partial charge in [0.15, 0.2) is 0 Å². The zero-order chi connectivity index (χ0) is 15.3. The van der Waals surface area contributed by atoms with Crippen LogP contribution in [0.5, 0.6) is 0 Å². The predicted octanol–water partition coefficient (Wildman–Crippen LogP) is 1.81. The highest BCUT2D eigenvalue weighted by Gasteiger charge is 2.30. The van der Waals surface area contributed by atoms with E-state index in [2.05, 4.69) is 0 Å². The van der Waals surface area contributed by atoms with E-state index in [0.29, 0.717) is 0 Å². The van der Waals surface area contributed by atoms with Crippen molar-refractivity contribution < 1.29 is 22.8 Å². The Kier molecular flexibility index (Phi) is 4.48. The molecule has 20 heavy (non-hydrogen) atoms. The van der Waals surface area contributed by atoms with Crippen LogP contribution >= 0.6 is 0 Å². The van der Waals surface area contributed by atoms with Gasteiger partial charge in [0.2, 0.25) is 0 Å². The molecule has 0 bridgehead atoms. The van der Waals surface area contributed by atoms with Crippen LogP contribution in [0.2, 0.25) is 0 Å². The summed E-state index contributed by atoms with van der Waals surface area (Å²) < 4.78 is 37.5. The lowest BCUT2D eigenvalue weighted by atomic mass is 10.1. The number of nitrogens with zero attached hydrogens (tertiary/aromatic N) is 1. The van der Waals surface area contributed by atoms with Gasteiger partial charge in [-0.2, -0.15) is 18.4 Å². The van der Waals surface area contributed by atoms with Crippen LogP contribution in [-0.4, -0.2) is 11.9 Å². The molecule has 0 aliphatic heterocycles. The SMILES string of the molecule is N#C/C(=C/c1cccc(C(F)(F)F)c1)C(=O)NC(N)=O. The van der Waals surface area contributed by atoms with Crippen molar-refractivity contribution in [2.75, 3.05) is 0 Å². The highest BCUT2D eigenvalue weighted by molar-refractivity contribution is 6.08. The summed E-state index contributed by atoms with van der Waals surface area (Å²) in [5.41, 5.74) is 3.24. The predicted molar refractivity (Wildman–Crippen MR) is 62.8 cm³/mol. The Labute approximate surface area is 111 Å². The third kappa shape index (κ3) is 4.13. The Morgan fingerprint density at radius 3 is 2.50 bits per heavy atom. The van der Waals surface area contributed by atoms with Gasteiger partial charge in [-0.15, -0.1) is 0 Å². The summed E-state index contributed by atoms with van der Waals surface area (Å²) in [7, 11) is 0. The van der Waals surface area contributed by atoms with E-state index < -0.39 is 29.3 Å². The fraction of sp³-hybridized carbons (Fsp3) is 0.0833. The Morgan fingerprint density at radius 1 is 1.35 bits per heavy atom. The monoisotopic (exact) mass is 283 g/mol. The number of carbonyl (C=O) groups is 2. The van der Waals surface area contributed by atoms with E-state index in [4.69, 9.17) is 11.0 Å². The van der Waals surface area contributed by atoms with Crippen molar-refractivity contribution in [2.24, 2.45) is 5.73 Å². The summed E-state index contributed by atoms with van der Waals surface area (Å²) in [5.74, 6) is -1.09. The first-order valence-corrected chi connectivity index (χ1v) is 5.14. The molecule has 0 heterocycles. The number of nitrogens with one attached hydrogen (secondary N) is 1. The van der Waals surface area contributed by atoms with E-state index in [1.807, 2.05) is 0 Å². The van der Waals surface area contributed by atoms with Crippen molar-refractivity contribution in [2.45, 2.75) is 6.18 Å². The molecule has 1 aromatic carbocycles. The molecular formula is C12H8F3N3O2. The highest BCUT2D eigenvalue weighted by Crippen LogP contribution is 2.29. The fourth-order valence-corrected chi connectivity index (χ4v) is 1.30. The molecule has 0 spiro atoms. The third-order valence-electron chi connectivity index (χ3n) is 2.13. The van der Waals surface area contributed by atoms with Gasteiger partial charge in [-0.3, -0.25) is 10.1 Å². The molecule has 0 saturated heterocycles. The first-order valence-electron chi connectivity index (χ1n) is 5.14. The second-order valence-electron chi connectivity index (χ2n) is 3.61. The molecule has 104 valence electrons. The molecule has 1 aromatic rings. The first-order chi connectivity index (χ1) is 9.24. The summed E-state index contributed by atoms with van der Waals surface area (Å²) in [6, 6.07) is 4.35. The van der Waals surface area contributed by atoms with E-state index >= 15 is 0 Å². The van der Waals surface area contributed by atoms with Crippen molar-refractivity contribution in [1.29, 1.82) is 5.26 Å². The normalized spacial score (nSPS) is 11.6. The maximum Gasteiger partial charge on any atom is 0.416 e. The lowest BCUT2D eigenvalue weighted by Crippen LogP contribution is -2.35. The number of hydrogen-bond acceptors (Lipinski definition) is 3. The van der Waals surface area contributed by atoms with Gasteiger partial charge < -0.3 is 5.73 Å². The molecule has 0 aromatic heterocycles. The number of alkyl halides is 3. The van der Waals surface area contributed by atoms with Crippen LogP contribution in [0.25, 0.3) is 6.08 Å². The summed E-state index contributed by atoms with van der Waals surface area (Å²) >= 11 is 0. The highest BCUT2D eigenvalue weighted by atomic mass is 19.4. The first kappa shape index (κ1) is 15.2. The van der Waals surface area contributed by atoms with Gasteiger partial charge in [-0.1, -0.05) is 12.1 Å². The number of halogens is 3. The number of rotatable bonds is 2. The minimum atomic E-state index is -4.54. The van der Waals surface area contributed by atoms with Crippen LogP contribution in [0.4, 0.5) is 18.0 Å². The fourth-order valence-electron chi connectivity index (χ4n) is 1.30. The zero-order valence-electron chi connectivity index (χ0n) is 9.86. The van der Waals surface area contributed by atoms with E-state index in [1.165, 1.54) is 12.1 Å². The quantitative estimate of drug-likeness (QED) is 0.640. The van der Waals surface area contributed by atoms with Crippen molar-refractivity contribution in [1.82, 2.24) is 5.32 Å². The van der Waals surface area contributed by atoms with Gasteiger partial charge >= 0.3 is 12.2 Å². The molecular weight excluding hydrogens is 275 g/mol. The van der Waals surface area contributed by atoms with Gasteiger partial charge in [0.1, 0.15) is 11.6 Å². The second kappa shape index (κ2) is 5.88. The lowest BCUT2D eigenvalue weighted by Gasteiger charge is -2.07. The van der Waals surface area contributed by atoms with E-state index in [1.54, 1.807) is 5.32 Å². The van der Waals surface area contributed by atoms with Crippen LogP contribution in [0.1, 0.15) is 11.1 Å². The van der Waals surface area contributed by atoms with Gasteiger partial charge in [0.25, 0.3) is 5.91 Å². The number of amides is 3. The molecule has 0 unspecified atom stereocenters. The molecule has 1 rings (SSSR count). The number of nitrogens with two attached hydrogens (primary N) is 1. The second-order valence-corrected chi connectivity index (χ2v) is 3.61. The van der Waals surface area contributed by atoms with E-state index in [-0.39, 0.29) is 5.56 Å². The van der Waals surface area contributed by atoms with E-state index in [9.17, 15) is 22.8 Å². The molecule has 0 radical (unpaired) electrons. The van der Waals surface area contributed by atoms with Gasteiger partial charge in [0.05, 0.1) is 5.56 Å². The Hall–Kier alpha value is -2.82. The summed E-state index contributed by atoms with van der Waals surface area (Å²) in [5, 5.41) is 10.4. The van der Waals surface area contributed by atoms with Crippen LogP contribution in [0.15, 0.2) is 29.8 Å². The summed E-state index contributed by atoms with van der Waals surface area (Å²) in [4.78, 5) is 21.8. The minimum absolute atomic E-state index is 0.00371. The largest absolute Gasteiger partial charge is 0.416 e. The molecule has 3 amide bonds. The molecule has 5 nitrogen and oxygen atoms in total. The topological polar surface area (TPSA) is 96.0 Å². The maximum absolute atomic E-state index is 12.5.